The maximum absolute atomic E-state index is 11.5. The number of fused-ring (bicyclic) bond motifs is 1. The van der Waals surface area contributed by atoms with Crippen LogP contribution < -0.4 is 4.72 Å². The number of sulfonamides is 1. The Morgan fingerprint density at radius 2 is 2.19 bits per heavy atom. The molecule has 1 aliphatic rings. The normalized spacial score (nSPS) is 16.9. The van der Waals surface area contributed by atoms with E-state index in [1.165, 1.54) is 19.2 Å². The van der Waals surface area contributed by atoms with Gasteiger partial charge in [0, 0.05) is 12.1 Å². The van der Waals surface area contributed by atoms with Gasteiger partial charge < -0.3 is 4.74 Å². The summed E-state index contributed by atoms with van der Waals surface area (Å²) < 4.78 is 29.8. The van der Waals surface area contributed by atoms with Crippen LogP contribution in [0.3, 0.4) is 0 Å². The smallest absolute Gasteiger partial charge is 0.339 e. The summed E-state index contributed by atoms with van der Waals surface area (Å²) in [5.41, 5.74) is 0.575. The molecule has 0 atom stereocenters. The summed E-state index contributed by atoms with van der Waals surface area (Å²) in [6, 6.07) is 2.69. The van der Waals surface area contributed by atoms with Crippen LogP contribution in [0.5, 0.6) is 0 Å². The molecule has 0 radical (unpaired) electrons. The average Bonchev–Trinajstić information content (AvgIpc) is 2.55. The van der Waals surface area contributed by atoms with Gasteiger partial charge in [-0.05, 0) is 12.1 Å². The predicted octanol–water partition coefficient (Wildman–Crippen LogP) is 0.918. The molecule has 5 nitrogen and oxygen atoms in total. The number of nitrogens with one attached hydrogen (secondary N) is 1. The van der Waals surface area contributed by atoms with E-state index >= 15 is 0 Å². The number of methoxy groups -OCH3 is 1. The molecule has 7 heteroatoms. The molecule has 1 aliphatic heterocycles. The third-order valence-corrected chi connectivity index (χ3v) is 4.25. The lowest BCUT2D eigenvalue weighted by molar-refractivity contribution is 0.0600. The second kappa shape index (κ2) is 3.73. The van der Waals surface area contributed by atoms with Crippen LogP contribution in [-0.4, -0.2) is 21.5 Å². The Balaban J connectivity index is 2.64. The topological polar surface area (TPSA) is 72.5 Å². The van der Waals surface area contributed by atoms with E-state index < -0.39 is 16.0 Å². The SMILES string of the molecule is COC(=O)c1ccc2c(c1Cl)CNS2(=O)=O. The van der Waals surface area contributed by atoms with Crippen molar-refractivity contribution in [3.05, 3.63) is 28.3 Å². The molecule has 0 saturated heterocycles. The van der Waals surface area contributed by atoms with Crippen LogP contribution in [0, 0.1) is 0 Å². The van der Waals surface area contributed by atoms with Crippen molar-refractivity contribution in [3.8, 4) is 0 Å². The van der Waals surface area contributed by atoms with E-state index in [1.54, 1.807) is 0 Å². The van der Waals surface area contributed by atoms with E-state index in [4.69, 9.17) is 11.6 Å². The van der Waals surface area contributed by atoms with Gasteiger partial charge in [0.2, 0.25) is 10.0 Å². The number of benzene rings is 1. The molecule has 0 fully saturated rings. The van der Waals surface area contributed by atoms with Crippen LogP contribution in [0.2, 0.25) is 5.02 Å². The molecule has 1 N–H and O–H groups in total. The zero-order valence-corrected chi connectivity index (χ0v) is 9.85. The fraction of sp³-hybridized carbons (Fsp3) is 0.222. The highest BCUT2D eigenvalue weighted by molar-refractivity contribution is 7.89. The molecule has 1 aromatic carbocycles. The van der Waals surface area contributed by atoms with Crippen LogP contribution in [0.25, 0.3) is 0 Å². The molecule has 2 rings (SSSR count). The Kier molecular flexibility index (Phi) is 2.65. The number of halogens is 1. The zero-order chi connectivity index (χ0) is 11.9. The molecule has 1 heterocycles. The van der Waals surface area contributed by atoms with Gasteiger partial charge in [0.05, 0.1) is 22.6 Å². The number of hydrogen-bond donors (Lipinski definition) is 1. The first kappa shape index (κ1) is 11.4. The van der Waals surface area contributed by atoms with Gasteiger partial charge >= 0.3 is 5.97 Å². The van der Waals surface area contributed by atoms with Crippen molar-refractivity contribution < 1.29 is 17.9 Å². The van der Waals surface area contributed by atoms with Gasteiger partial charge in [-0.15, -0.1) is 0 Å². The van der Waals surface area contributed by atoms with E-state index in [0.717, 1.165) is 0 Å². The van der Waals surface area contributed by atoms with Crippen LogP contribution in [-0.2, 0) is 21.3 Å². The Bertz CT molecular complexity index is 567. The van der Waals surface area contributed by atoms with Crippen molar-refractivity contribution in [2.75, 3.05) is 7.11 Å². The third kappa shape index (κ3) is 1.59. The van der Waals surface area contributed by atoms with Crippen molar-refractivity contribution in [2.45, 2.75) is 11.4 Å². The minimum Gasteiger partial charge on any atom is -0.465 e. The molecular weight excluding hydrogens is 254 g/mol. The highest BCUT2D eigenvalue weighted by atomic mass is 35.5. The van der Waals surface area contributed by atoms with E-state index in [-0.39, 0.29) is 22.0 Å². The van der Waals surface area contributed by atoms with E-state index in [1.807, 2.05) is 0 Å². The summed E-state index contributed by atoms with van der Waals surface area (Å²) >= 11 is 5.95. The first-order valence-electron chi connectivity index (χ1n) is 4.36. The first-order valence-corrected chi connectivity index (χ1v) is 6.23. The molecule has 0 spiro atoms. The number of carbonyl (C=O) groups is 1. The monoisotopic (exact) mass is 261 g/mol. The van der Waals surface area contributed by atoms with Crippen molar-refractivity contribution in [3.63, 3.8) is 0 Å². The average molecular weight is 262 g/mol. The standard InChI is InChI=1S/C9H8ClNO4S/c1-15-9(12)5-2-3-7-6(8(5)10)4-11-16(7,13)14/h2-3,11H,4H2,1H3. The van der Waals surface area contributed by atoms with Crippen LogP contribution in [0.4, 0.5) is 0 Å². The Labute approximate surface area is 97.4 Å². The number of hydrogen-bond acceptors (Lipinski definition) is 4. The Hall–Kier alpha value is -1.11. The summed E-state index contributed by atoms with van der Waals surface area (Å²) in [4.78, 5) is 11.4. The van der Waals surface area contributed by atoms with Crippen molar-refractivity contribution in [1.29, 1.82) is 0 Å². The fourth-order valence-corrected chi connectivity index (χ4v) is 3.13. The van der Waals surface area contributed by atoms with Crippen molar-refractivity contribution in [1.82, 2.24) is 4.72 Å². The molecule has 0 aromatic heterocycles. The molecule has 0 unspecified atom stereocenters. The van der Waals surface area contributed by atoms with Gasteiger partial charge in [-0.1, -0.05) is 11.6 Å². The molecular formula is C9H8ClNO4S. The summed E-state index contributed by atoms with van der Waals surface area (Å²) in [5.74, 6) is -0.586. The summed E-state index contributed by atoms with van der Waals surface area (Å²) in [6.07, 6.45) is 0. The van der Waals surface area contributed by atoms with Gasteiger partial charge in [0.25, 0.3) is 0 Å². The van der Waals surface area contributed by atoms with Gasteiger partial charge in [0.15, 0.2) is 0 Å². The summed E-state index contributed by atoms with van der Waals surface area (Å²) in [7, 11) is -2.23. The largest absolute Gasteiger partial charge is 0.465 e. The van der Waals surface area contributed by atoms with E-state index in [0.29, 0.717) is 5.56 Å². The zero-order valence-electron chi connectivity index (χ0n) is 8.28. The first-order chi connectivity index (χ1) is 7.47. The molecule has 0 aliphatic carbocycles. The van der Waals surface area contributed by atoms with Crippen molar-refractivity contribution >= 4 is 27.6 Å². The summed E-state index contributed by atoms with van der Waals surface area (Å²) in [6.45, 7) is 0.0985. The van der Waals surface area contributed by atoms with Gasteiger partial charge in [-0.3, -0.25) is 0 Å². The quantitative estimate of drug-likeness (QED) is 0.763. The minimum absolute atomic E-state index is 0.0985. The maximum atomic E-state index is 11.5. The van der Waals surface area contributed by atoms with Crippen molar-refractivity contribution in [2.24, 2.45) is 0 Å². The lowest BCUT2D eigenvalue weighted by Crippen LogP contribution is -2.13. The number of ether oxygens (including phenoxy) is 1. The molecule has 0 saturated carbocycles. The van der Waals surface area contributed by atoms with Gasteiger partial charge in [0.1, 0.15) is 0 Å². The second-order valence-electron chi connectivity index (χ2n) is 3.22. The molecule has 16 heavy (non-hydrogen) atoms. The van der Waals surface area contributed by atoms with Crippen LogP contribution in [0.1, 0.15) is 15.9 Å². The lowest BCUT2D eigenvalue weighted by Gasteiger charge is -2.05. The highest BCUT2D eigenvalue weighted by Gasteiger charge is 2.29. The Morgan fingerprint density at radius 3 is 2.81 bits per heavy atom. The van der Waals surface area contributed by atoms with Gasteiger partial charge in [-0.2, -0.15) is 0 Å². The maximum Gasteiger partial charge on any atom is 0.339 e. The number of esters is 1. The number of rotatable bonds is 1. The molecule has 0 amide bonds. The highest BCUT2D eigenvalue weighted by Crippen LogP contribution is 2.31. The minimum atomic E-state index is -3.46. The second-order valence-corrected chi connectivity index (χ2v) is 5.33. The van der Waals surface area contributed by atoms with Crippen LogP contribution >= 0.6 is 11.6 Å². The van der Waals surface area contributed by atoms with E-state index in [2.05, 4.69) is 9.46 Å². The molecule has 86 valence electrons. The predicted molar refractivity (Wildman–Crippen MR) is 56.8 cm³/mol. The fourth-order valence-electron chi connectivity index (χ4n) is 1.53. The van der Waals surface area contributed by atoms with Gasteiger partial charge in [-0.25, -0.2) is 17.9 Å². The third-order valence-electron chi connectivity index (χ3n) is 2.33. The number of carbonyl (C=O) groups excluding carboxylic acids is 1. The van der Waals surface area contributed by atoms with Crippen LogP contribution in [0.15, 0.2) is 17.0 Å². The Morgan fingerprint density at radius 1 is 1.50 bits per heavy atom. The summed E-state index contributed by atoms with van der Waals surface area (Å²) in [5, 5.41) is 0.123. The molecule has 0 bridgehead atoms. The lowest BCUT2D eigenvalue weighted by atomic mass is 10.1. The molecule has 1 aromatic rings. The van der Waals surface area contributed by atoms with E-state index in [9.17, 15) is 13.2 Å².